The third kappa shape index (κ3) is 47.1. The molecular formula is C99H159O39P7. The zero-order valence-electron chi connectivity index (χ0n) is 92.7. The smallest absolute Gasteiger partial charge is 0.348 e. The van der Waals surface area contributed by atoms with Gasteiger partial charge in [0.25, 0.3) is 0 Å². The van der Waals surface area contributed by atoms with E-state index in [1.165, 1.54) is 58.4 Å². The highest BCUT2D eigenvalue weighted by atomic mass is 31.2. The number of ether oxygens (including phenoxy) is 21. The van der Waals surface area contributed by atoms with Gasteiger partial charge in [-0.3, -0.25) is 32.0 Å². The molecule has 11 N–H and O–H groups in total. The van der Waals surface area contributed by atoms with Crippen LogP contribution in [0.1, 0.15) is 152 Å². The second kappa shape index (κ2) is 63.3. The van der Waals surface area contributed by atoms with Crippen molar-refractivity contribution in [2.45, 2.75) is 292 Å². The van der Waals surface area contributed by atoms with Crippen molar-refractivity contribution in [1.29, 1.82) is 0 Å². The van der Waals surface area contributed by atoms with Crippen molar-refractivity contribution in [3.8, 4) is 0 Å². The molecule has 0 saturated carbocycles. The first-order valence-electron chi connectivity index (χ1n) is 50.0. The van der Waals surface area contributed by atoms with Gasteiger partial charge in [-0.1, -0.05) is 121 Å². The van der Waals surface area contributed by atoms with E-state index in [1.54, 1.807) is 54.4 Å². The van der Waals surface area contributed by atoms with Crippen LogP contribution in [0, 0.1) is 0 Å². The molecule has 7 saturated heterocycles. The van der Waals surface area contributed by atoms with Crippen LogP contribution in [0.4, 0.5) is 0 Å². The minimum Gasteiger partial charge on any atom is -0.386 e. The van der Waals surface area contributed by atoms with Gasteiger partial charge in [0.2, 0.25) is 36.8 Å². The molecule has 7 fully saturated rings. The van der Waals surface area contributed by atoms with E-state index in [4.69, 9.17) is 128 Å². The molecule has 39 nitrogen and oxygen atoms in total. The Bertz CT molecular complexity index is 5100. The molecule has 7 aliphatic heterocycles. The maximum atomic E-state index is 11.9. The minimum atomic E-state index is -4.86. The fourth-order valence-corrected chi connectivity index (χ4v) is 18.5. The predicted octanol–water partition coefficient (Wildman–Crippen LogP) is 15.4. The molecule has 7 aliphatic rings. The molecule has 0 radical (unpaired) electrons. The fourth-order valence-electron chi connectivity index (χ4n) is 15.5. The molecule has 145 heavy (non-hydrogen) atoms. The second-order valence-electron chi connectivity index (χ2n) is 36.4. The SMILES string of the molecule is CO[C@@H]1[C@H](OC(C)C)[C@@H](/C=C/P(C)(=O)O)O[C@H]1c1ccccc1.CO[C@H]1CO[C@H](/C=C/P(=O)(O)CO)[C@H]1OC(C)C.CO[C@H]1CO[C@H](/C=C/P(=O)(O)O)[C@H]1OC(C)C.CO[C@H]1CO[C@H](/C=C/P(C)(=O)O)[C@H]1OC(C)C.[2H]/C(=C(/[2H])P(=O)(O)CO)[C@H]1O[C@@H](c2ccccc2)[C@H](OC)[C@@H]1OC(C)C.[2H]/C(=C(/[2H])P(=O)(O)O)[C@H]1O[C@@H](c2ccccc2)[C@H](OC)[C@@H]1OC(C)C.[2H]/C(=C(/[2H])P(C)(=O)O)[C@H]1O[C@@H](c2ccccc2)[C@H](OC)[C@@H]1OC(C)C. The summed E-state index contributed by atoms with van der Waals surface area (Å²) >= 11 is 0. The second-order valence-corrected chi connectivity index (χ2v) is 49.6. The van der Waals surface area contributed by atoms with Crippen LogP contribution in [0.15, 0.2) is 204 Å². The van der Waals surface area contributed by atoms with Crippen LogP contribution in [0.3, 0.4) is 0 Å². The number of aliphatic hydroxyl groups is 2. The number of hydrogen-bond donors (Lipinski definition) is 11. The van der Waals surface area contributed by atoms with Gasteiger partial charge in [-0.2, -0.15) is 0 Å². The highest BCUT2D eigenvalue weighted by Gasteiger charge is 2.51. The maximum Gasteiger partial charge on any atom is 0.348 e. The summed E-state index contributed by atoms with van der Waals surface area (Å²) in [6, 6.07) is 36.2. The zero-order valence-corrected chi connectivity index (χ0v) is 92.9. The lowest BCUT2D eigenvalue weighted by Gasteiger charge is -2.24. The molecule has 46 heteroatoms. The van der Waals surface area contributed by atoms with E-state index >= 15 is 0 Å². The van der Waals surface area contributed by atoms with Crippen molar-refractivity contribution in [3.05, 3.63) is 227 Å². The Balaban J connectivity index is 0.000000311. The van der Waals surface area contributed by atoms with Gasteiger partial charge >= 0.3 is 15.2 Å². The van der Waals surface area contributed by atoms with Crippen molar-refractivity contribution >= 4 is 52.0 Å². The number of hydrogen-bond acceptors (Lipinski definition) is 30. The predicted molar refractivity (Wildman–Crippen MR) is 550 cm³/mol. The topological polar surface area (TPSA) is 536 Å². The van der Waals surface area contributed by atoms with Gasteiger partial charge in [-0.15, -0.1) is 0 Å². The Kier molecular flexibility index (Phi) is 52.6. The first kappa shape index (κ1) is 121. The van der Waals surface area contributed by atoms with Crippen molar-refractivity contribution < 1.29 is 194 Å². The number of aliphatic hydroxyl groups excluding tert-OH is 2. The summed E-state index contributed by atoms with van der Waals surface area (Å²) in [6.07, 6.45) is -9.06. The average Bonchev–Trinajstić information content (AvgIpc) is 1.63. The van der Waals surface area contributed by atoms with E-state index in [0.29, 0.717) is 19.8 Å². The van der Waals surface area contributed by atoms with Gasteiger partial charge < -0.3 is 154 Å². The van der Waals surface area contributed by atoms with Gasteiger partial charge in [0.05, 0.1) is 70.8 Å². The standard InChI is InChI=1S/C17H25O6P.2C17H25O5P.C16H23O6P.C11H21O6P.C11H21O5P.C10H19O6P/c1-12(2)22-16-14(9-10-24(19,20)11-18)23-15(17(16)21-3)13-7-5-4-6-8-13;2*1-12(2)21-16-14(10-11-23(4,18)19)22-15(17(16)20-3)13-8-6-5-7-9-13;1-11(2)21-15-13(9-10-23(17,18)19)22-14(16(15)20-3)12-7-5-4-6-8-12;1-8(2)17-11-9(16-6-10(11)15-3)4-5-18(13,14)7-12;1-8(2)16-11-9(5-6-17(4,12)13)15-7-10(11)14-3;1-7(2)16-10-8(4-5-17(11,12)13)15-6-9(10)14-3/h4-10,12,14-18H,11H2,1-3H3,(H,19,20);2*5-12,14-17H,1-4H3,(H,18,19);4-11,13-16H,1-3H3,(H2,17,18,19);4-5,8-12H,6-7H2,1-3H3,(H,13,14);5-6,8-11H,7H2,1-4H3,(H,12,13);4-5,7-10H,6H2,1-3H3,(H2,11,12,13)/b10-9+;2*11-10+;10-9+;5-4+;6-5+;5-4+/t3*14-,15+,16-,17+;13-,14+,15-,16+;2*9-,10+,11-;8-,9+,10-/m1111111/s1/i9D,10D;10D,11D;;9D,10D;;;. The lowest BCUT2D eigenvalue weighted by Crippen LogP contribution is -2.36. The highest BCUT2D eigenvalue weighted by Crippen LogP contribution is 2.49. The van der Waals surface area contributed by atoms with E-state index in [-0.39, 0.29) is 110 Å². The summed E-state index contributed by atoms with van der Waals surface area (Å²) in [4.78, 5) is 83.3. The molecule has 0 amide bonds. The van der Waals surface area contributed by atoms with Crippen molar-refractivity contribution in [2.24, 2.45) is 0 Å². The molecule has 11 rings (SSSR count). The first-order valence-corrected chi connectivity index (χ1v) is 60.6. The van der Waals surface area contributed by atoms with E-state index in [2.05, 4.69) is 0 Å². The van der Waals surface area contributed by atoms with Crippen LogP contribution in [0.5, 0.6) is 0 Å². The number of methoxy groups -OCH3 is 7. The molecule has 4 aromatic rings. The summed E-state index contributed by atoms with van der Waals surface area (Å²) < 4.78 is 247. The molecular weight excluding hydrogens is 2030 g/mol. The minimum absolute atomic E-state index is 0.00372. The quantitative estimate of drug-likeness (QED) is 0.0184. The summed E-state index contributed by atoms with van der Waals surface area (Å²) in [7, 11) is -16.4. The Morgan fingerprint density at radius 1 is 0.290 bits per heavy atom. The summed E-state index contributed by atoms with van der Waals surface area (Å²) in [5.41, 5.74) is 3.46. The molecule has 0 bridgehead atoms. The number of rotatable bonds is 41. The van der Waals surface area contributed by atoms with Gasteiger partial charge in [0, 0.05) is 93.0 Å². The lowest BCUT2D eigenvalue weighted by molar-refractivity contribution is -0.0694. The molecule has 0 aliphatic carbocycles. The van der Waals surface area contributed by atoms with Crippen LogP contribution >= 0.6 is 52.0 Å². The van der Waals surface area contributed by atoms with Gasteiger partial charge in [-0.25, -0.2) is 0 Å². The van der Waals surface area contributed by atoms with Gasteiger partial charge in [0.15, 0.2) is 0 Å². The Morgan fingerprint density at radius 3 is 0.759 bits per heavy atom. The molecule has 4 aromatic carbocycles. The highest BCUT2D eigenvalue weighted by molar-refractivity contribution is 7.62. The summed E-state index contributed by atoms with van der Waals surface area (Å²) in [6.45, 7) is 31.0. The zero-order chi connectivity index (χ0) is 114. The Morgan fingerprint density at radius 2 is 0.524 bits per heavy atom. The molecule has 30 atom stereocenters. The van der Waals surface area contributed by atoms with Crippen LogP contribution < -0.4 is 0 Å². The largest absolute Gasteiger partial charge is 0.386 e. The van der Waals surface area contributed by atoms with E-state index in [0.717, 1.165) is 40.6 Å². The maximum absolute atomic E-state index is 11.9. The molecule has 0 aromatic heterocycles. The van der Waals surface area contributed by atoms with Crippen molar-refractivity contribution in [2.75, 3.05) is 102 Å². The third-order valence-electron chi connectivity index (χ3n) is 21.5. The number of benzene rings is 4. The van der Waals surface area contributed by atoms with E-state index in [9.17, 15) is 66.2 Å². The Hall–Kier alpha value is -4.61. The molecule has 7 heterocycles. The van der Waals surface area contributed by atoms with Crippen LogP contribution in [-0.4, -0.2) is 327 Å². The molecule has 824 valence electrons. The fraction of sp³-hybridized carbons (Fsp3) is 0.616. The van der Waals surface area contributed by atoms with Crippen LogP contribution in [0.2, 0.25) is 0 Å². The van der Waals surface area contributed by atoms with E-state index < -0.39 is 186 Å². The van der Waals surface area contributed by atoms with Crippen molar-refractivity contribution in [1.82, 2.24) is 0 Å². The summed E-state index contributed by atoms with van der Waals surface area (Å²) in [5, 5.41) is 17.8. The first-order chi connectivity index (χ1) is 70.4. The van der Waals surface area contributed by atoms with Crippen molar-refractivity contribution in [3.63, 3.8) is 0 Å². The molecule has 0 spiro atoms. The lowest BCUT2D eigenvalue weighted by atomic mass is 10.0. The summed E-state index contributed by atoms with van der Waals surface area (Å²) in [5.74, 6) is 1.97. The molecule has 5 unspecified atom stereocenters. The van der Waals surface area contributed by atoms with Crippen LogP contribution in [0.25, 0.3) is 0 Å². The van der Waals surface area contributed by atoms with Gasteiger partial charge in [0.1, 0.15) is 165 Å². The normalized spacial score (nSPS) is 31.8. The third-order valence-corrected chi connectivity index (χ3v) is 26.3. The van der Waals surface area contributed by atoms with E-state index in [1.807, 2.05) is 204 Å². The van der Waals surface area contributed by atoms with Crippen LogP contribution in [-0.2, 0) is 131 Å². The average molecular weight is 2200 g/mol. The monoisotopic (exact) mass is 2190 g/mol. The Labute approximate surface area is 862 Å². The van der Waals surface area contributed by atoms with Gasteiger partial charge in [-0.05, 0) is 179 Å².